The van der Waals surface area contributed by atoms with Gasteiger partial charge in [-0.2, -0.15) is 0 Å². The largest absolute Gasteiger partial charge is 0.342 e. The average molecular weight is 554 g/mol. The van der Waals surface area contributed by atoms with Crippen molar-refractivity contribution in [2.75, 3.05) is 19.6 Å². The molecule has 0 atom stereocenters. The Balaban J connectivity index is 1.63. The van der Waals surface area contributed by atoms with Gasteiger partial charge in [0.15, 0.2) is 5.78 Å². The number of rotatable bonds is 8. The van der Waals surface area contributed by atoms with Crippen molar-refractivity contribution in [1.29, 1.82) is 0 Å². The molecule has 3 aromatic rings. The summed E-state index contributed by atoms with van der Waals surface area (Å²) in [6, 6.07) is 14.3. The van der Waals surface area contributed by atoms with Gasteiger partial charge in [-0.1, -0.05) is 46.3 Å². The van der Waals surface area contributed by atoms with Crippen LogP contribution in [0.4, 0.5) is 4.79 Å². The predicted octanol–water partition coefficient (Wildman–Crippen LogP) is 5.19. The van der Waals surface area contributed by atoms with E-state index in [2.05, 4.69) is 15.9 Å². The number of benzene rings is 2. The standard InChI is InChI=1S/C26H24BrN3O4S/c1-3-28(4-2)24(32)16-29-14-18(20-13-19(27)10-11-21(20)29)12-23-25(33)30(26(34)35-23)15-22(31)17-8-6-5-7-9-17/h5-14H,3-4,15-16H2,1-2H3/b23-12-. The van der Waals surface area contributed by atoms with Gasteiger partial charge in [0.25, 0.3) is 11.1 Å². The number of carbonyl (C=O) groups is 4. The van der Waals surface area contributed by atoms with Gasteiger partial charge in [-0.05, 0) is 49.9 Å². The van der Waals surface area contributed by atoms with E-state index in [9.17, 15) is 19.2 Å². The van der Waals surface area contributed by atoms with Gasteiger partial charge in [-0.25, -0.2) is 0 Å². The van der Waals surface area contributed by atoms with Gasteiger partial charge >= 0.3 is 0 Å². The van der Waals surface area contributed by atoms with Crippen LogP contribution in [0.3, 0.4) is 0 Å². The first-order valence-corrected chi connectivity index (χ1v) is 12.8. The molecule has 4 rings (SSSR count). The molecule has 0 aliphatic carbocycles. The highest BCUT2D eigenvalue weighted by Gasteiger charge is 2.36. The number of imide groups is 1. The second-order valence-electron chi connectivity index (χ2n) is 8.00. The van der Waals surface area contributed by atoms with Crippen LogP contribution in [0.25, 0.3) is 17.0 Å². The number of halogens is 1. The molecule has 0 radical (unpaired) electrons. The fourth-order valence-electron chi connectivity index (χ4n) is 4.00. The SMILES string of the molecule is CCN(CC)C(=O)Cn1cc(/C=C2\SC(=O)N(CC(=O)c3ccccc3)C2=O)c2cc(Br)ccc21. The summed E-state index contributed by atoms with van der Waals surface area (Å²) in [5.74, 6) is -0.801. The quantitative estimate of drug-likeness (QED) is 0.283. The molecule has 35 heavy (non-hydrogen) atoms. The summed E-state index contributed by atoms with van der Waals surface area (Å²) in [5.41, 5.74) is 2.01. The molecule has 0 spiro atoms. The summed E-state index contributed by atoms with van der Waals surface area (Å²) in [7, 11) is 0. The maximum absolute atomic E-state index is 13.0. The van der Waals surface area contributed by atoms with Crippen LogP contribution in [0, 0.1) is 0 Å². The number of thioether (sulfide) groups is 1. The third kappa shape index (κ3) is 5.26. The molecule has 1 fully saturated rings. The molecule has 180 valence electrons. The summed E-state index contributed by atoms with van der Waals surface area (Å²) >= 11 is 4.30. The Kier molecular flexibility index (Phi) is 7.57. The zero-order valence-electron chi connectivity index (χ0n) is 19.4. The molecular weight excluding hydrogens is 530 g/mol. The number of hydrogen-bond acceptors (Lipinski definition) is 5. The molecule has 0 N–H and O–H groups in total. The third-order valence-electron chi connectivity index (χ3n) is 5.85. The van der Waals surface area contributed by atoms with Crippen LogP contribution in [0.1, 0.15) is 29.8 Å². The van der Waals surface area contributed by atoms with E-state index in [1.807, 2.05) is 42.8 Å². The van der Waals surface area contributed by atoms with Crippen molar-refractivity contribution in [2.24, 2.45) is 0 Å². The fraction of sp³-hybridized carbons (Fsp3) is 0.231. The van der Waals surface area contributed by atoms with Gasteiger partial charge in [0.1, 0.15) is 6.54 Å². The Bertz CT molecular complexity index is 1350. The van der Waals surface area contributed by atoms with Crippen molar-refractivity contribution in [2.45, 2.75) is 20.4 Å². The number of nitrogens with zero attached hydrogens (tertiary/aromatic N) is 3. The van der Waals surface area contributed by atoms with E-state index in [0.29, 0.717) is 24.2 Å². The first-order chi connectivity index (χ1) is 16.8. The number of ketones is 1. The number of likely N-dealkylation sites (N-methyl/N-ethyl adjacent to an activating group) is 1. The van der Waals surface area contributed by atoms with Gasteiger partial charge in [0.05, 0.1) is 11.4 Å². The molecule has 0 unspecified atom stereocenters. The minimum atomic E-state index is -0.501. The highest BCUT2D eigenvalue weighted by Crippen LogP contribution is 2.35. The fourth-order valence-corrected chi connectivity index (χ4v) is 5.19. The van der Waals surface area contributed by atoms with Crippen molar-refractivity contribution in [3.8, 4) is 0 Å². The molecule has 1 aliphatic heterocycles. The van der Waals surface area contributed by atoms with Crippen molar-refractivity contribution < 1.29 is 19.2 Å². The predicted molar refractivity (Wildman–Crippen MR) is 141 cm³/mol. The summed E-state index contributed by atoms with van der Waals surface area (Å²) < 4.78 is 2.71. The molecule has 1 aromatic heterocycles. The molecule has 7 nitrogen and oxygen atoms in total. The van der Waals surface area contributed by atoms with Gasteiger partial charge in [-0.3, -0.25) is 24.1 Å². The van der Waals surface area contributed by atoms with E-state index in [1.54, 1.807) is 41.3 Å². The number of amides is 3. The van der Waals surface area contributed by atoms with Gasteiger partial charge < -0.3 is 9.47 Å². The van der Waals surface area contributed by atoms with E-state index >= 15 is 0 Å². The second kappa shape index (κ2) is 10.6. The smallest absolute Gasteiger partial charge is 0.293 e. The molecule has 9 heteroatoms. The molecule has 0 bridgehead atoms. The highest BCUT2D eigenvalue weighted by atomic mass is 79.9. The van der Waals surface area contributed by atoms with E-state index in [0.717, 1.165) is 32.0 Å². The van der Waals surface area contributed by atoms with Crippen LogP contribution < -0.4 is 0 Å². The number of aromatic nitrogens is 1. The summed E-state index contributed by atoms with van der Waals surface area (Å²) in [4.78, 5) is 53.9. The van der Waals surface area contributed by atoms with Crippen molar-refractivity contribution in [3.05, 3.63) is 75.2 Å². The van der Waals surface area contributed by atoms with Crippen molar-refractivity contribution in [1.82, 2.24) is 14.4 Å². The maximum atomic E-state index is 13.0. The molecule has 2 heterocycles. The Morgan fingerprint density at radius 3 is 2.43 bits per heavy atom. The Labute approximate surface area is 215 Å². The van der Waals surface area contributed by atoms with Crippen LogP contribution >= 0.6 is 27.7 Å². The van der Waals surface area contributed by atoms with Crippen molar-refractivity contribution in [3.63, 3.8) is 0 Å². The Morgan fingerprint density at radius 1 is 1.03 bits per heavy atom. The van der Waals surface area contributed by atoms with Crippen LogP contribution in [0.2, 0.25) is 0 Å². The lowest BCUT2D eigenvalue weighted by atomic mass is 10.1. The maximum Gasteiger partial charge on any atom is 0.293 e. The minimum Gasteiger partial charge on any atom is -0.342 e. The summed E-state index contributed by atoms with van der Waals surface area (Å²) in [6.07, 6.45) is 3.48. The lowest BCUT2D eigenvalue weighted by Crippen LogP contribution is -2.33. The summed E-state index contributed by atoms with van der Waals surface area (Å²) in [6.45, 7) is 4.99. The molecular formula is C26H24BrN3O4S. The summed E-state index contributed by atoms with van der Waals surface area (Å²) in [5, 5.41) is 0.367. The molecule has 2 aromatic carbocycles. The number of Topliss-reactive ketones (excluding diaryl/α,β-unsaturated/α-hetero) is 1. The monoisotopic (exact) mass is 553 g/mol. The zero-order chi connectivity index (χ0) is 25.1. The molecule has 1 aliphatic rings. The van der Waals surface area contributed by atoms with E-state index < -0.39 is 11.1 Å². The molecule has 0 saturated carbocycles. The van der Waals surface area contributed by atoms with E-state index in [-0.39, 0.29) is 29.7 Å². The normalized spacial score (nSPS) is 14.8. The van der Waals surface area contributed by atoms with E-state index in [1.165, 1.54) is 0 Å². The van der Waals surface area contributed by atoms with Gasteiger partial charge in [-0.15, -0.1) is 0 Å². The average Bonchev–Trinajstić information content (AvgIpc) is 3.31. The van der Waals surface area contributed by atoms with Crippen molar-refractivity contribution >= 4 is 67.5 Å². The lowest BCUT2D eigenvalue weighted by molar-refractivity contribution is -0.131. The first-order valence-electron chi connectivity index (χ1n) is 11.2. The molecule has 1 saturated heterocycles. The number of carbonyl (C=O) groups excluding carboxylic acids is 4. The number of fused-ring (bicyclic) bond motifs is 1. The second-order valence-corrected chi connectivity index (χ2v) is 9.91. The van der Waals surface area contributed by atoms with Gasteiger partial charge in [0, 0.05) is 45.8 Å². The van der Waals surface area contributed by atoms with E-state index in [4.69, 9.17) is 0 Å². The highest BCUT2D eigenvalue weighted by molar-refractivity contribution is 9.10. The lowest BCUT2D eigenvalue weighted by Gasteiger charge is -2.19. The minimum absolute atomic E-state index is 0.00103. The van der Waals surface area contributed by atoms with Crippen LogP contribution in [0.15, 0.2) is 64.1 Å². The van der Waals surface area contributed by atoms with Gasteiger partial charge in [0.2, 0.25) is 5.91 Å². The third-order valence-corrected chi connectivity index (χ3v) is 7.25. The topological polar surface area (TPSA) is 79.7 Å². The Morgan fingerprint density at radius 2 is 1.74 bits per heavy atom. The zero-order valence-corrected chi connectivity index (χ0v) is 21.8. The first kappa shape index (κ1) is 24.9. The van der Waals surface area contributed by atoms with Crippen LogP contribution in [-0.2, 0) is 16.1 Å². The Hall–Kier alpha value is -3.17. The van der Waals surface area contributed by atoms with Crippen LogP contribution in [-0.4, -0.2) is 56.8 Å². The van der Waals surface area contributed by atoms with Crippen LogP contribution in [0.5, 0.6) is 0 Å². The number of hydrogen-bond donors (Lipinski definition) is 0. The molecule has 3 amide bonds.